The normalized spacial score (nSPS) is 18.0. The third-order valence-corrected chi connectivity index (χ3v) is 6.47. The van der Waals surface area contributed by atoms with E-state index in [2.05, 4.69) is 0 Å². The summed E-state index contributed by atoms with van der Waals surface area (Å²) in [6.07, 6.45) is -4.18. The number of aliphatic carboxylic acids is 1. The van der Waals surface area contributed by atoms with Crippen molar-refractivity contribution >= 4 is 35.4 Å². The van der Waals surface area contributed by atoms with Crippen molar-refractivity contribution in [2.45, 2.75) is 24.4 Å². The number of rotatable bonds is 6. The molecule has 1 unspecified atom stereocenters. The van der Waals surface area contributed by atoms with Gasteiger partial charge < -0.3 is 10.0 Å². The highest BCUT2D eigenvalue weighted by Gasteiger charge is 2.30. The lowest BCUT2D eigenvalue weighted by Crippen LogP contribution is -2.37. The Balaban J connectivity index is 2.03. The predicted molar refractivity (Wildman–Crippen MR) is 92.7 cm³/mol. The van der Waals surface area contributed by atoms with Crippen LogP contribution in [0.15, 0.2) is 24.3 Å². The molecule has 1 aromatic carbocycles. The molecule has 1 atom stereocenters. The Labute approximate surface area is 152 Å². The lowest BCUT2D eigenvalue weighted by molar-refractivity contribution is -0.144. The van der Waals surface area contributed by atoms with Crippen LogP contribution in [-0.2, 0) is 22.3 Å². The zero-order valence-electron chi connectivity index (χ0n) is 13.3. The molecular weight excluding hydrogens is 375 g/mol. The molecule has 1 aliphatic heterocycles. The second-order valence-corrected chi connectivity index (χ2v) is 8.17. The van der Waals surface area contributed by atoms with E-state index in [9.17, 15) is 22.8 Å². The van der Waals surface area contributed by atoms with E-state index in [0.29, 0.717) is 5.56 Å². The van der Waals surface area contributed by atoms with Crippen LogP contribution in [0.3, 0.4) is 0 Å². The van der Waals surface area contributed by atoms with Gasteiger partial charge in [0.25, 0.3) is 0 Å². The molecular formula is C16H18F3NO3S2. The van der Waals surface area contributed by atoms with Crippen LogP contribution >= 0.6 is 23.5 Å². The number of hydrogen-bond acceptors (Lipinski definition) is 4. The van der Waals surface area contributed by atoms with Gasteiger partial charge in [-0.25, -0.2) is 0 Å². The molecule has 1 heterocycles. The molecule has 0 aliphatic carbocycles. The second-order valence-electron chi connectivity index (χ2n) is 5.61. The largest absolute Gasteiger partial charge is 0.480 e. The molecule has 138 valence electrons. The molecule has 25 heavy (non-hydrogen) atoms. The lowest BCUT2D eigenvalue weighted by Gasteiger charge is -2.25. The maximum Gasteiger partial charge on any atom is 0.416 e. The van der Waals surface area contributed by atoms with Gasteiger partial charge in [-0.3, -0.25) is 9.59 Å². The summed E-state index contributed by atoms with van der Waals surface area (Å²) in [6, 6.07) is 4.42. The molecule has 1 amide bonds. The molecule has 0 saturated carbocycles. The molecule has 1 aliphatic rings. The van der Waals surface area contributed by atoms with Crippen LogP contribution in [0.1, 0.15) is 17.5 Å². The molecule has 1 saturated heterocycles. The highest BCUT2D eigenvalue weighted by molar-refractivity contribution is 8.06. The zero-order chi connectivity index (χ0) is 18.4. The first-order valence-corrected chi connectivity index (χ1v) is 9.81. The Morgan fingerprint density at radius 3 is 2.40 bits per heavy atom. The molecule has 0 aromatic heterocycles. The number of carboxylic acids is 1. The molecule has 4 nitrogen and oxygen atoms in total. The van der Waals surface area contributed by atoms with Crippen molar-refractivity contribution in [2.24, 2.45) is 0 Å². The summed E-state index contributed by atoms with van der Waals surface area (Å²) < 4.78 is 37.8. The van der Waals surface area contributed by atoms with Crippen molar-refractivity contribution in [2.75, 3.05) is 23.8 Å². The van der Waals surface area contributed by atoms with Crippen LogP contribution in [0.5, 0.6) is 0 Å². The Morgan fingerprint density at radius 1 is 1.20 bits per heavy atom. The first-order valence-electron chi connectivity index (χ1n) is 7.61. The Hall–Kier alpha value is -1.35. The molecule has 0 bridgehead atoms. The van der Waals surface area contributed by atoms with Crippen molar-refractivity contribution in [1.29, 1.82) is 0 Å². The van der Waals surface area contributed by atoms with Crippen LogP contribution in [-0.4, -0.2) is 50.9 Å². The highest BCUT2D eigenvalue weighted by atomic mass is 32.2. The third-order valence-electron chi connectivity index (χ3n) is 3.62. The van der Waals surface area contributed by atoms with Gasteiger partial charge in [0.2, 0.25) is 5.91 Å². The van der Waals surface area contributed by atoms with E-state index >= 15 is 0 Å². The van der Waals surface area contributed by atoms with Gasteiger partial charge in [-0.2, -0.15) is 36.7 Å². The van der Waals surface area contributed by atoms with Gasteiger partial charge in [-0.15, -0.1) is 0 Å². The molecule has 1 N–H and O–H groups in total. The molecule has 1 aromatic rings. The quantitative estimate of drug-likeness (QED) is 0.803. The van der Waals surface area contributed by atoms with Gasteiger partial charge in [-0.05, 0) is 17.7 Å². The zero-order valence-corrected chi connectivity index (χ0v) is 14.9. The van der Waals surface area contributed by atoms with Gasteiger partial charge >= 0.3 is 12.1 Å². The summed E-state index contributed by atoms with van der Waals surface area (Å²) in [5, 5.41) is 9.16. The van der Waals surface area contributed by atoms with E-state index < -0.39 is 24.3 Å². The summed E-state index contributed by atoms with van der Waals surface area (Å²) >= 11 is 3.46. The number of amides is 1. The van der Waals surface area contributed by atoms with Gasteiger partial charge in [0.1, 0.15) is 6.54 Å². The fourth-order valence-corrected chi connectivity index (χ4v) is 5.06. The minimum Gasteiger partial charge on any atom is -0.480 e. The number of carbonyl (C=O) groups is 2. The first-order chi connectivity index (χ1) is 11.8. The van der Waals surface area contributed by atoms with E-state index in [1.165, 1.54) is 17.0 Å². The van der Waals surface area contributed by atoms with Crippen molar-refractivity contribution in [3.63, 3.8) is 0 Å². The minimum absolute atomic E-state index is 0.0200. The summed E-state index contributed by atoms with van der Waals surface area (Å²) in [6.45, 7) is -0.488. The monoisotopic (exact) mass is 393 g/mol. The standard InChI is InChI=1S/C16H18F3NO3S2/c17-16(18,19)12-3-1-11(2-4-12)8-20(9-15(22)23)14(21)7-13-10-24-5-6-25-13/h1-4,13H,5-10H2,(H,22,23). The lowest BCUT2D eigenvalue weighted by atomic mass is 10.1. The SMILES string of the molecule is O=C(O)CN(Cc1ccc(C(F)(F)F)cc1)C(=O)CC1CSCCS1. The van der Waals surface area contributed by atoms with E-state index in [1.807, 2.05) is 0 Å². The Bertz CT molecular complexity index is 602. The fraction of sp³-hybridized carbons (Fsp3) is 0.500. The highest BCUT2D eigenvalue weighted by Crippen LogP contribution is 2.29. The number of carbonyl (C=O) groups excluding carboxylic acids is 1. The topological polar surface area (TPSA) is 57.6 Å². The number of nitrogens with zero attached hydrogens (tertiary/aromatic N) is 1. The van der Waals surface area contributed by atoms with Crippen LogP contribution < -0.4 is 0 Å². The molecule has 1 fully saturated rings. The third kappa shape index (κ3) is 6.47. The number of carboxylic acid groups (broad SMARTS) is 1. The molecule has 0 spiro atoms. The van der Waals surface area contributed by atoms with Crippen LogP contribution in [0.2, 0.25) is 0 Å². The van der Waals surface area contributed by atoms with Gasteiger partial charge in [0, 0.05) is 35.5 Å². The summed E-state index contributed by atoms with van der Waals surface area (Å²) in [4.78, 5) is 24.7. The summed E-state index contributed by atoms with van der Waals surface area (Å²) in [5.74, 6) is 1.41. The number of thioether (sulfide) groups is 2. The summed E-state index contributed by atoms with van der Waals surface area (Å²) in [5.41, 5.74) is -0.309. The number of benzene rings is 1. The molecule has 2 rings (SSSR count). The maximum absolute atomic E-state index is 12.6. The van der Waals surface area contributed by atoms with Crippen LogP contribution in [0, 0.1) is 0 Å². The van der Waals surface area contributed by atoms with Crippen molar-refractivity contribution in [1.82, 2.24) is 4.90 Å². The van der Waals surface area contributed by atoms with Crippen molar-refractivity contribution < 1.29 is 27.9 Å². The maximum atomic E-state index is 12.6. The second kappa shape index (κ2) is 8.84. The number of hydrogen-bond donors (Lipinski definition) is 1. The Kier molecular flexibility index (Phi) is 7.06. The minimum atomic E-state index is -4.43. The van der Waals surface area contributed by atoms with E-state index in [-0.39, 0.29) is 24.1 Å². The first kappa shape index (κ1) is 20.0. The van der Waals surface area contributed by atoms with E-state index in [1.54, 1.807) is 23.5 Å². The fourth-order valence-electron chi connectivity index (χ4n) is 2.39. The van der Waals surface area contributed by atoms with Crippen molar-refractivity contribution in [3.8, 4) is 0 Å². The van der Waals surface area contributed by atoms with Gasteiger partial charge in [0.05, 0.1) is 5.56 Å². The van der Waals surface area contributed by atoms with E-state index in [0.717, 1.165) is 29.4 Å². The van der Waals surface area contributed by atoms with E-state index in [4.69, 9.17) is 5.11 Å². The smallest absolute Gasteiger partial charge is 0.416 e. The average molecular weight is 393 g/mol. The van der Waals surface area contributed by atoms with Crippen molar-refractivity contribution in [3.05, 3.63) is 35.4 Å². The van der Waals surface area contributed by atoms with Crippen LogP contribution in [0.25, 0.3) is 0 Å². The van der Waals surface area contributed by atoms with Gasteiger partial charge in [-0.1, -0.05) is 12.1 Å². The van der Waals surface area contributed by atoms with Gasteiger partial charge in [0.15, 0.2) is 0 Å². The molecule has 9 heteroatoms. The number of alkyl halides is 3. The summed E-state index contributed by atoms with van der Waals surface area (Å²) in [7, 11) is 0. The van der Waals surface area contributed by atoms with Crippen LogP contribution in [0.4, 0.5) is 13.2 Å². The average Bonchev–Trinajstić information content (AvgIpc) is 2.54. The Morgan fingerprint density at radius 2 is 1.88 bits per heavy atom. The predicted octanol–water partition coefficient (Wildman–Crippen LogP) is 3.36. The number of halogens is 3. The molecule has 0 radical (unpaired) electrons.